The topological polar surface area (TPSA) is 4.93 Å². The largest absolute Gasteiger partial charge is 0.341 e. The molecule has 0 unspecified atom stereocenters. The van der Waals surface area contributed by atoms with Crippen LogP contribution in [0.25, 0.3) is 99.0 Å². The van der Waals surface area contributed by atoms with Crippen molar-refractivity contribution in [2.24, 2.45) is 0 Å². The predicted octanol–water partition coefficient (Wildman–Crippen LogP) is 15.1. The molecule has 0 aliphatic heterocycles. The van der Waals surface area contributed by atoms with E-state index >= 15 is 0 Å². The fourth-order valence-electron chi connectivity index (χ4n) is 8.78. The van der Waals surface area contributed by atoms with Gasteiger partial charge in [-0.3, -0.25) is 0 Å². The van der Waals surface area contributed by atoms with E-state index < -0.39 is 0 Å². The summed E-state index contributed by atoms with van der Waals surface area (Å²) >= 11 is 0. The molecule has 0 N–H and O–H groups in total. The molecular weight excluding hydrogens is 663 g/mol. The zero-order valence-electron chi connectivity index (χ0n) is 31.5. The van der Waals surface area contributed by atoms with Crippen molar-refractivity contribution < 1.29 is 0 Å². The van der Waals surface area contributed by atoms with Crippen LogP contribution >= 0.6 is 0 Å². The summed E-state index contributed by atoms with van der Waals surface area (Å²) in [5, 5.41) is 7.75. The van der Waals surface area contributed by atoms with Crippen LogP contribution < -0.4 is 0 Å². The predicted molar refractivity (Wildman–Crippen MR) is 237 cm³/mol. The van der Waals surface area contributed by atoms with Crippen molar-refractivity contribution >= 4 is 43.4 Å². The maximum absolute atomic E-state index is 2.42. The van der Waals surface area contributed by atoms with E-state index in [1.807, 2.05) is 0 Å². The lowest BCUT2D eigenvalue weighted by atomic mass is 9.84. The Morgan fingerprint density at radius 2 is 0.691 bits per heavy atom. The molecule has 0 spiro atoms. The number of para-hydroxylation sites is 1. The Kier molecular flexibility index (Phi) is 7.96. The summed E-state index contributed by atoms with van der Waals surface area (Å²) in [6, 6.07) is 67.4. The fraction of sp³-hybridized carbons (Fsp3) is 0.0741. The van der Waals surface area contributed by atoms with Gasteiger partial charge in [0, 0.05) is 28.4 Å². The lowest BCUT2D eigenvalue weighted by molar-refractivity contribution is 0.827. The van der Waals surface area contributed by atoms with E-state index in [1.54, 1.807) is 0 Å². The van der Waals surface area contributed by atoms with Crippen LogP contribution in [0.5, 0.6) is 0 Å². The van der Waals surface area contributed by atoms with Crippen LogP contribution in [0.4, 0.5) is 0 Å². The first-order chi connectivity index (χ1) is 27.1. The molecule has 9 aromatic carbocycles. The average Bonchev–Trinajstić information content (AvgIpc) is 3.57. The Morgan fingerprint density at radius 1 is 0.309 bits per heavy atom. The summed E-state index contributed by atoms with van der Waals surface area (Å²) in [4.78, 5) is 0. The number of fused-ring (bicyclic) bond motifs is 5. The zero-order valence-corrected chi connectivity index (χ0v) is 31.5. The summed E-state index contributed by atoms with van der Waals surface area (Å²) in [6.45, 7) is 7.65. The van der Waals surface area contributed by atoms with Gasteiger partial charge in [0.2, 0.25) is 0 Å². The van der Waals surface area contributed by atoms with Crippen molar-refractivity contribution in [3.63, 3.8) is 0 Å². The van der Waals surface area contributed by atoms with Gasteiger partial charge in [-0.25, -0.2) is 0 Å². The van der Waals surface area contributed by atoms with Crippen molar-refractivity contribution in [3.8, 4) is 55.6 Å². The number of rotatable bonds is 6. The molecule has 0 saturated heterocycles. The van der Waals surface area contributed by atoms with Crippen LogP contribution in [-0.4, -0.2) is 4.57 Å². The van der Waals surface area contributed by atoms with Crippen LogP contribution in [0, 0.1) is 13.8 Å². The lowest BCUT2D eigenvalue weighted by Crippen LogP contribution is -1.93. The van der Waals surface area contributed by atoms with Crippen LogP contribution in [-0.2, 0) is 6.54 Å². The Hall–Kier alpha value is -6.70. The van der Waals surface area contributed by atoms with Crippen LogP contribution in [0.1, 0.15) is 18.1 Å². The van der Waals surface area contributed by atoms with Crippen LogP contribution in [0.2, 0.25) is 0 Å². The fourth-order valence-corrected chi connectivity index (χ4v) is 8.78. The molecule has 10 aromatic rings. The van der Waals surface area contributed by atoms with Gasteiger partial charge in [0.05, 0.1) is 0 Å². The van der Waals surface area contributed by atoms with E-state index in [9.17, 15) is 0 Å². The van der Waals surface area contributed by atoms with E-state index in [-0.39, 0.29) is 0 Å². The zero-order chi connectivity index (χ0) is 37.0. The van der Waals surface area contributed by atoms with E-state index in [0.29, 0.717) is 0 Å². The van der Waals surface area contributed by atoms with E-state index in [0.717, 1.165) is 6.54 Å². The van der Waals surface area contributed by atoms with Gasteiger partial charge < -0.3 is 4.57 Å². The normalized spacial score (nSPS) is 11.6. The second-order valence-electron chi connectivity index (χ2n) is 14.9. The number of aromatic nitrogens is 1. The Balaban J connectivity index is 1.07. The monoisotopic (exact) mass is 703 g/mol. The van der Waals surface area contributed by atoms with Gasteiger partial charge in [0.25, 0.3) is 0 Å². The summed E-state index contributed by atoms with van der Waals surface area (Å²) in [6.07, 6.45) is 0. The van der Waals surface area contributed by atoms with E-state index in [2.05, 4.69) is 207 Å². The van der Waals surface area contributed by atoms with E-state index in [4.69, 9.17) is 0 Å². The quantitative estimate of drug-likeness (QED) is 0.152. The maximum Gasteiger partial charge on any atom is 0.0491 e. The summed E-state index contributed by atoms with van der Waals surface area (Å²) in [7, 11) is 0. The van der Waals surface area contributed by atoms with Crippen LogP contribution in [0.3, 0.4) is 0 Å². The molecule has 55 heavy (non-hydrogen) atoms. The molecule has 0 atom stereocenters. The number of hydrogen-bond donors (Lipinski definition) is 0. The third-order valence-corrected chi connectivity index (χ3v) is 11.7. The second-order valence-corrected chi connectivity index (χ2v) is 14.9. The van der Waals surface area contributed by atoms with Gasteiger partial charge in [0.1, 0.15) is 0 Å². The third kappa shape index (κ3) is 5.55. The van der Waals surface area contributed by atoms with Crippen molar-refractivity contribution in [1.29, 1.82) is 0 Å². The Morgan fingerprint density at radius 3 is 1.20 bits per heavy atom. The van der Waals surface area contributed by atoms with Crippen LogP contribution in [0.15, 0.2) is 182 Å². The average molecular weight is 704 g/mol. The Labute approximate surface area is 322 Å². The Bertz CT molecular complexity index is 3040. The summed E-state index contributed by atoms with van der Waals surface area (Å²) in [5.41, 5.74) is 17.6. The molecule has 0 amide bonds. The van der Waals surface area contributed by atoms with Gasteiger partial charge in [-0.2, -0.15) is 0 Å². The molecule has 1 heteroatoms. The first kappa shape index (κ1) is 32.9. The molecule has 0 radical (unpaired) electrons. The van der Waals surface area contributed by atoms with Gasteiger partial charge in [-0.1, -0.05) is 164 Å². The van der Waals surface area contributed by atoms with Gasteiger partial charge >= 0.3 is 0 Å². The molecule has 0 aliphatic rings. The second kappa shape index (κ2) is 13.3. The molecule has 0 saturated carbocycles. The van der Waals surface area contributed by atoms with Crippen molar-refractivity contribution in [3.05, 3.63) is 193 Å². The highest BCUT2D eigenvalue weighted by Crippen LogP contribution is 2.45. The highest BCUT2D eigenvalue weighted by Gasteiger charge is 2.18. The van der Waals surface area contributed by atoms with Gasteiger partial charge in [-0.15, -0.1) is 0 Å². The molecule has 0 aliphatic carbocycles. The molecule has 1 aromatic heterocycles. The number of aryl methyl sites for hydroxylation is 3. The van der Waals surface area contributed by atoms with Crippen molar-refractivity contribution in [2.75, 3.05) is 0 Å². The minimum absolute atomic E-state index is 0.951. The SMILES string of the molecule is CCn1c2ccccc2c2cc(-c3ccc(-c4c5ccccc5c(-c5ccc(-c6ccc(-c7ccccc7)cc6)cc5)c5cc(C)c(C)cc45)cc3)ccc21. The highest BCUT2D eigenvalue weighted by atomic mass is 15.0. The van der Waals surface area contributed by atoms with Gasteiger partial charge in [0.15, 0.2) is 0 Å². The molecule has 1 heterocycles. The first-order valence-corrected chi connectivity index (χ1v) is 19.4. The number of hydrogen-bond acceptors (Lipinski definition) is 0. The van der Waals surface area contributed by atoms with Crippen molar-refractivity contribution in [2.45, 2.75) is 27.3 Å². The third-order valence-electron chi connectivity index (χ3n) is 11.7. The smallest absolute Gasteiger partial charge is 0.0491 e. The molecule has 262 valence electrons. The maximum atomic E-state index is 2.42. The lowest BCUT2D eigenvalue weighted by Gasteiger charge is -2.19. The minimum Gasteiger partial charge on any atom is -0.341 e. The van der Waals surface area contributed by atoms with E-state index in [1.165, 1.54) is 110 Å². The number of nitrogens with zero attached hydrogens (tertiary/aromatic N) is 1. The molecule has 1 nitrogen and oxygen atoms in total. The number of benzene rings is 9. The molecule has 10 rings (SSSR count). The summed E-state index contributed by atoms with van der Waals surface area (Å²) < 4.78 is 2.42. The standard InChI is InChI=1S/C54H41N/c1-4-55-51-17-11-10-14-45(51)48-34-44(30-31-52(48)55)41-24-28-43(29-25-41)54-47-16-9-8-15-46(47)53(49-32-35(2)36(3)33-50(49)54)42-26-22-40(23-27-42)39-20-18-38(19-21-39)37-12-6-5-7-13-37/h5-34H,4H2,1-3H3. The molecule has 0 bridgehead atoms. The first-order valence-electron chi connectivity index (χ1n) is 19.4. The van der Waals surface area contributed by atoms with Gasteiger partial charge in [-0.05, 0) is 127 Å². The highest BCUT2D eigenvalue weighted by molar-refractivity contribution is 6.21. The minimum atomic E-state index is 0.951. The molecular formula is C54H41N. The molecule has 0 fully saturated rings. The summed E-state index contributed by atoms with van der Waals surface area (Å²) in [5.74, 6) is 0. The van der Waals surface area contributed by atoms with Crippen molar-refractivity contribution in [1.82, 2.24) is 4.57 Å².